The summed E-state index contributed by atoms with van der Waals surface area (Å²) >= 11 is 1.36. The Bertz CT molecular complexity index is 1020. The van der Waals surface area contributed by atoms with Gasteiger partial charge in [0.15, 0.2) is 5.13 Å². The monoisotopic (exact) mass is 385 g/mol. The van der Waals surface area contributed by atoms with Crippen molar-refractivity contribution < 1.29 is 4.79 Å². The van der Waals surface area contributed by atoms with Gasteiger partial charge in [-0.15, -0.1) is 11.3 Å². The van der Waals surface area contributed by atoms with E-state index in [1.54, 1.807) is 4.90 Å². The minimum absolute atomic E-state index is 0.0294. The van der Waals surface area contributed by atoms with Crippen LogP contribution in [0.2, 0.25) is 0 Å². The summed E-state index contributed by atoms with van der Waals surface area (Å²) in [6.07, 6.45) is 0.225. The molecule has 4 aromatic rings. The van der Waals surface area contributed by atoms with Gasteiger partial charge in [-0.2, -0.15) is 0 Å². The molecule has 0 unspecified atom stereocenters. The molecule has 138 valence electrons. The molecule has 1 amide bonds. The summed E-state index contributed by atoms with van der Waals surface area (Å²) in [5.74, 6) is -0.0294. The molecule has 0 aliphatic carbocycles. The van der Waals surface area contributed by atoms with Crippen LogP contribution in [-0.4, -0.2) is 10.9 Å². The molecule has 28 heavy (non-hydrogen) atoms. The zero-order valence-corrected chi connectivity index (χ0v) is 16.0. The fourth-order valence-corrected chi connectivity index (χ4v) is 3.96. The van der Waals surface area contributed by atoms with Gasteiger partial charge in [-0.1, -0.05) is 66.7 Å². The summed E-state index contributed by atoms with van der Waals surface area (Å²) < 4.78 is 0. The summed E-state index contributed by atoms with van der Waals surface area (Å²) in [6.45, 7) is 0. The van der Waals surface area contributed by atoms with Crippen LogP contribution in [0.15, 0.2) is 91.0 Å². The summed E-state index contributed by atoms with van der Waals surface area (Å²) in [4.78, 5) is 20.4. The number of amides is 1. The van der Waals surface area contributed by atoms with Crippen molar-refractivity contribution in [1.29, 1.82) is 0 Å². The van der Waals surface area contributed by atoms with Gasteiger partial charge in [-0.05, 0) is 24.3 Å². The van der Waals surface area contributed by atoms with Crippen molar-refractivity contribution in [3.63, 3.8) is 0 Å². The summed E-state index contributed by atoms with van der Waals surface area (Å²) in [5.41, 5.74) is 9.37. The fourth-order valence-electron chi connectivity index (χ4n) is 3.12. The van der Waals surface area contributed by atoms with E-state index < -0.39 is 0 Å². The van der Waals surface area contributed by atoms with E-state index in [9.17, 15) is 4.79 Å². The lowest BCUT2D eigenvalue weighted by atomic mass is 10.1. The molecule has 0 aliphatic rings. The fraction of sp³-hybridized carbons (Fsp3) is 0.0435. The number of hydrogen-bond donors (Lipinski definition) is 1. The molecule has 0 spiro atoms. The molecule has 2 N–H and O–H groups in total. The minimum Gasteiger partial charge on any atom is -0.375 e. The number of para-hydroxylation sites is 2. The van der Waals surface area contributed by atoms with Crippen molar-refractivity contribution in [1.82, 2.24) is 4.98 Å². The standard InChI is InChI=1S/C23H19N3OS/c24-23-25-22(17-10-4-1-5-11-17)20(28-23)16-21(27)26(18-12-6-2-7-13-18)19-14-8-3-9-15-19/h1-15H,16H2,(H2,24,25). The Hall–Kier alpha value is -3.44. The second-order valence-electron chi connectivity index (χ2n) is 6.27. The average Bonchev–Trinajstić information content (AvgIpc) is 3.10. The Balaban J connectivity index is 1.70. The van der Waals surface area contributed by atoms with Crippen molar-refractivity contribution in [3.8, 4) is 11.3 Å². The van der Waals surface area contributed by atoms with Gasteiger partial charge in [-0.3, -0.25) is 9.69 Å². The van der Waals surface area contributed by atoms with Crippen LogP contribution in [-0.2, 0) is 11.2 Å². The van der Waals surface area contributed by atoms with Crippen molar-refractivity contribution in [2.45, 2.75) is 6.42 Å². The molecule has 0 atom stereocenters. The predicted octanol–water partition coefficient (Wildman–Crippen LogP) is 5.30. The molecule has 5 heteroatoms. The number of hydrogen-bond acceptors (Lipinski definition) is 4. The summed E-state index contributed by atoms with van der Waals surface area (Å²) in [5, 5.41) is 0.465. The number of benzene rings is 3. The van der Waals surface area contributed by atoms with Crippen molar-refractivity contribution >= 4 is 33.8 Å². The Morgan fingerprint density at radius 3 is 1.86 bits per heavy atom. The molecule has 0 saturated heterocycles. The first-order valence-corrected chi connectivity index (χ1v) is 9.77. The molecule has 1 heterocycles. The highest BCUT2D eigenvalue weighted by molar-refractivity contribution is 7.15. The minimum atomic E-state index is -0.0294. The predicted molar refractivity (Wildman–Crippen MR) is 116 cm³/mol. The van der Waals surface area contributed by atoms with E-state index in [1.165, 1.54) is 11.3 Å². The van der Waals surface area contributed by atoms with Crippen molar-refractivity contribution in [2.24, 2.45) is 0 Å². The smallest absolute Gasteiger partial charge is 0.236 e. The number of aromatic nitrogens is 1. The molecule has 0 aliphatic heterocycles. The van der Waals surface area contributed by atoms with Gasteiger partial charge >= 0.3 is 0 Å². The van der Waals surface area contributed by atoms with Crippen molar-refractivity contribution in [2.75, 3.05) is 10.6 Å². The quantitative estimate of drug-likeness (QED) is 0.507. The molecular weight excluding hydrogens is 366 g/mol. The van der Waals surface area contributed by atoms with Gasteiger partial charge in [-0.25, -0.2) is 4.98 Å². The molecule has 4 rings (SSSR count). The van der Waals surface area contributed by atoms with Crippen LogP contribution in [0.25, 0.3) is 11.3 Å². The maximum atomic E-state index is 13.4. The molecule has 1 aromatic heterocycles. The van der Waals surface area contributed by atoms with E-state index in [-0.39, 0.29) is 12.3 Å². The highest BCUT2D eigenvalue weighted by Crippen LogP contribution is 2.32. The van der Waals surface area contributed by atoms with Gasteiger partial charge in [0.2, 0.25) is 5.91 Å². The number of thiazole rings is 1. The normalized spacial score (nSPS) is 10.6. The number of carbonyl (C=O) groups is 1. The number of carbonyl (C=O) groups excluding carboxylic acids is 1. The lowest BCUT2D eigenvalue weighted by Gasteiger charge is -2.23. The Morgan fingerprint density at radius 2 is 1.32 bits per heavy atom. The van der Waals surface area contributed by atoms with E-state index >= 15 is 0 Å². The van der Waals surface area contributed by atoms with Crippen LogP contribution >= 0.6 is 11.3 Å². The SMILES string of the molecule is Nc1nc(-c2ccccc2)c(CC(=O)N(c2ccccc2)c2ccccc2)s1. The zero-order valence-electron chi connectivity index (χ0n) is 15.2. The molecule has 0 bridgehead atoms. The van der Waals surface area contributed by atoms with Crippen LogP contribution in [0, 0.1) is 0 Å². The van der Waals surface area contributed by atoms with Crippen LogP contribution in [0.1, 0.15) is 4.88 Å². The van der Waals surface area contributed by atoms with Gasteiger partial charge in [0.25, 0.3) is 0 Å². The van der Waals surface area contributed by atoms with E-state index in [0.29, 0.717) is 5.13 Å². The largest absolute Gasteiger partial charge is 0.375 e. The highest BCUT2D eigenvalue weighted by Gasteiger charge is 2.22. The van der Waals surface area contributed by atoms with Crippen LogP contribution < -0.4 is 10.6 Å². The maximum absolute atomic E-state index is 13.4. The lowest BCUT2D eigenvalue weighted by molar-refractivity contribution is -0.117. The van der Waals surface area contributed by atoms with Crippen LogP contribution in [0.4, 0.5) is 16.5 Å². The Morgan fingerprint density at radius 1 is 0.821 bits per heavy atom. The first-order valence-electron chi connectivity index (χ1n) is 8.96. The molecular formula is C23H19N3OS. The van der Waals surface area contributed by atoms with E-state index in [4.69, 9.17) is 5.73 Å². The molecule has 0 saturated carbocycles. The first kappa shape index (κ1) is 17.9. The molecule has 4 nitrogen and oxygen atoms in total. The third-order valence-electron chi connectivity index (χ3n) is 4.35. The Kier molecular flexibility index (Phi) is 5.17. The highest BCUT2D eigenvalue weighted by atomic mass is 32.1. The number of nitrogen functional groups attached to an aromatic ring is 1. The van der Waals surface area contributed by atoms with E-state index in [1.807, 2.05) is 91.0 Å². The van der Waals surface area contributed by atoms with Crippen molar-refractivity contribution in [3.05, 3.63) is 95.9 Å². The average molecular weight is 385 g/mol. The number of nitrogens with two attached hydrogens (primary N) is 1. The summed E-state index contributed by atoms with van der Waals surface area (Å²) in [7, 11) is 0. The second-order valence-corrected chi connectivity index (χ2v) is 7.38. The van der Waals surface area contributed by atoms with Gasteiger partial charge in [0.1, 0.15) is 0 Å². The van der Waals surface area contributed by atoms with Gasteiger partial charge in [0, 0.05) is 21.8 Å². The number of anilines is 3. The third kappa shape index (κ3) is 3.80. The molecule has 3 aromatic carbocycles. The summed E-state index contributed by atoms with van der Waals surface area (Å²) in [6, 6.07) is 29.2. The zero-order chi connectivity index (χ0) is 19.3. The molecule has 0 fully saturated rings. The number of rotatable bonds is 5. The third-order valence-corrected chi connectivity index (χ3v) is 5.24. The topological polar surface area (TPSA) is 59.2 Å². The van der Waals surface area contributed by atoms with Gasteiger partial charge < -0.3 is 5.73 Å². The maximum Gasteiger partial charge on any atom is 0.236 e. The van der Waals surface area contributed by atoms with Crippen LogP contribution in [0.3, 0.4) is 0 Å². The molecule has 0 radical (unpaired) electrons. The van der Waals surface area contributed by atoms with Crippen LogP contribution in [0.5, 0.6) is 0 Å². The second kappa shape index (κ2) is 8.06. The van der Waals surface area contributed by atoms with E-state index in [2.05, 4.69) is 4.98 Å². The Labute approximate surface area is 167 Å². The first-order chi connectivity index (χ1) is 13.7. The number of nitrogens with zero attached hydrogens (tertiary/aromatic N) is 2. The van der Waals surface area contributed by atoms with E-state index in [0.717, 1.165) is 27.5 Å². The lowest BCUT2D eigenvalue weighted by Crippen LogP contribution is -2.27. The van der Waals surface area contributed by atoms with Gasteiger partial charge in [0.05, 0.1) is 12.1 Å².